The van der Waals surface area contributed by atoms with Crippen LogP contribution < -0.4 is 10.5 Å². The van der Waals surface area contributed by atoms with Crippen molar-refractivity contribution in [3.8, 4) is 5.75 Å². The monoisotopic (exact) mass is 263 g/mol. The van der Waals surface area contributed by atoms with Gasteiger partial charge in [0.2, 0.25) is 0 Å². The minimum Gasteiger partial charge on any atom is -0.494 e. The van der Waals surface area contributed by atoms with E-state index in [1.54, 1.807) is 0 Å². The topological polar surface area (TPSA) is 44.5 Å². The Morgan fingerprint density at radius 2 is 1.89 bits per heavy atom. The van der Waals surface area contributed by atoms with E-state index < -0.39 is 0 Å². The minimum absolute atomic E-state index is 0.0909. The van der Waals surface area contributed by atoms with Gasteiger partial charge in [0.15, 0.2) is 0 Å². The second kappa shape index (κ2) is 5.93. The van der Waals surface area contributed by atoms with Gasteiger partial charge < -0.3 is 15.2 Å². The van der Waals surface area contributed by atoms with E-state index in [1.165, 1.54) is 5.56 Å². The third-order valence-corrected chi connectivity index (χ3v) is 4.23. The van der Waals surface area contributed by atoms with Gasteiger partial charge in [-0.15, -0.1) is 0 Å². The lowest BCUT2D eigenvalue weighted by Crippen LogP contribution is -2.56. The summed E-state index contributed by atoms with van der Waals surface area (Å²) in [6.45, 7) is 9.44. The molecule has 1 aromatic rings. The first-order valence-electron chi connectivity index (χ1n) is 7.15. The summed E-state index contributed by atoms with van der Waals surface area (Å²) in [4.78, 5) is 0. The van der Waals surface area contributed by atoms with E-state index in [-0.39, 0.29) is 5.41 Å². The second-order valence-corrected chi connectivity index (χ2v) is 5.69. The molecule has 106 valence electrons. The zero-order valence-electron chi connectivity index (χ0n) is 12.2. The molecule has 1 aliphatic heterocycles. The number of nitrogens with two attached hydrogens (primary N) is 1. The van der Waals surface area contributed by atoms with Crippen LogP contribution in [-0.4, -0.2) is 26.4 Å². The van der Waals surface area contributed by atoms with Gasteiger partial charge in [0.05, 0.1) is 19.8 Å². The smallest absolute Gasteiger partial charge is 0.119 e. The molecule has 2 rings (SSSR count). The Bertz CT molecular complexity index is 396. The van der Waals surface area contributed by atoms with E-state index in [0.717, 1.165) is 19.0 Å². The largest absolute Gasteiger partial charge is 0.494 e. The summed E-state index contributed by atoms with van der Waals surface area (Å²) in [5.41, 5.74) is 7.42. The maximum absolute atomic E-state index is 6.00. The maximum atomic E-state index is 6.00. The molecule has 1 aromatic carbocycles. The average molecular weight is 263 g/mol. The summed E-state index contributed by atoms with van der Waals surface area (Å²) in [7, 11) is 0. The van der Waals surface area contributed by atoms with Gasteiger partial charge in [-0.05, 0) is 43.0 Å². The zero-order valence-corrected chi connectivity index (χ0v) is 12.2. The SMILES string of the molecule is CCOc1ccc(C2(C(CN)C(C)C)COC2)cc1. The standard InChI is InChI=1S/C16H25NO2/c1-4-19-14-7-5-13(6-8-14)16(10-18-11-16)15(9-17)12(2)3/h5-8,12,15H,4,9-11,17H2,1-3H3. The van der Waals surface area contributed by atoms with Gasteiger partial charge in [-0.3, -0.25) is 0 Å². The summed E-state index contributed by atoms with van der Waals surface area (Å²) < 4.78 is 11.0. The Morgan fingerprint density at radius 1 is 1.26 bits per heavy atom. The molecular weight excluding hydrogens is 238 g/mol. The molecule has 1 heterocycles. The van der Waals surface area contributed by atoms with Crippen molar-refractivity contribution in [2.45, 2.75) is 26.2 Å². The van der Waals surface area contributed by atoms with E-state index in [2.05, 4.69) is 26.0 Å². The summed E-state index contributed by atoms with van der Waals surface area (Å²) >= 11 is 0. The number of ether oxygens (including phenoxy) is 2. The van der Waals surface area contributed by atoms with Crippen LogP contribution in [0.3, 0.4) is 0 Å². The molecule has 2 N–H and O–H groups in total. The van der Waals surface area contributed by atoms with Crippen LogP contribution in [0.5, 0.6) is 5.75 Å². The molecule has 1 fully saturated rings. The van der Waals surface area contributed by atoms with Crippen LogP contribution in [0.15, 0.2) is 24.3 Å². The van der Waals surface area contributed by atoms with E-state index in [9.17, 15) is 0 Å². The predicted molar refractivity (Wildman–Crippen MR) is 77.5 cm³/mol. The first-order valence-corrected chi connectivity index (χ1v) is 7.15. The number of hydrogen-bond acceptors (Lipinski definition) is 3. The first kappa shape index (κ1) is 14.4. The molecule has 0 spiro atoms. The van der Waals surface area contributed by atoms with Gasteiger partial charge in [-0.2, -0.15) is 0 Å². The highest BCUT2D eigenvalue weighted by Crippen LogP contribution is 2.42. The highest BCUT2D eigenvalue weighted by Gasteiger charge is 2.47. The molecule has 0 saturated carbocycles. The van der Waals surface area contributed by atoms with E-state index in [0.29, 0.717) is 25.0 Å². The van der Waals surface area contributed by atoms with Gasteiger partial charge >= 0.3 is 0 Å². The van der Waals surface area contributed by atoms with Crippen LogP contribution >= 0.6 is 0 Å². The Balaban J connectivity index is 2.25. The van der Waals surface area contributed by atoms with Crippen molar-refractivity contribution in [2.75, 3.05) is 26.4 Å². The Kier molecular flexibility index (Phi) is 4.48. The summed E-state index contributed by atoms with van der Waals surface area (Å²) in [6.07, 6.45) is 0. The van der Waals surface area contributed by atoms with Crippen LogP contribution in [0.2, 0.25) is 0 Å². The van der Waals surface area contributed by atoms with Gasteiger partial charge in [-0.25, -0.2) is 0 Å². The molecule has 3 heteroatoms. The first-order chi connectivity index (χ1) is 9.14. The quantitative estimate of drug-likeness (QED) is 0.858. The van der Waals surface area contributed by atoms with Crippen molar-refractivity contribution in [3.63, 3.8) is 0 Å². The third-order valence-electron chi connectivity index (χ3n) is 4.23. The molecule has 0 aromatic heterocycles. The fraction of sp³-hybridized carbons (Fsp3) is 0.625. The third kappa shape index (κ3) is 2.63. The van der Waals surface area contributed by atoms with Crippen molar-refractivity contribution in [1.82, 2.24) is 0 Å². The Hall–Kier alpha value is -1.06. The lowest BCUT2D eigenvalue weighted by Gasteiger charge is -2.49. The highest BCUT2D eigenvalue weighted by molar-refractivity contribution is 5.35. The fourth-order valence-corrected chi connectivity index (χ4v) is 3.10. The molecule has 1 aliphatic rings. The average Bonchev–Trinajstić information content (AvgIpc) is 2.34. The predicted octanol–water partition coefficient (Wildman–Crippen LogP) is 2.58. The summed E-state index contributed by atoms with van der Waals surface area (Å²) in [5.74, 6) is 1.94. The fourth-order valence-electron chi connectivity index (χ4n) is 3.10. The molecule has 1 saturated heterocycles. The highest BCUT2D eigenvalue weighted by atomic mass is 16.5. The van der Waals surface area contributed by atoms with E-state index >= 15 is 0 Å². The second-order valence-electron chi connectivity index (χ2n) is 5.69. The lowest BCUT2D eigenvalue weighted by molar-refractivity contribution is -0.0982. The van der Waals surface area contributed by atoms with Crippen LogP contribution in [0.1, 0.15) is 26.3 Å². The van der Waals surface area contributed by atoms with Crippen LogP contribution in [0, 0.1) is 11.8 Å². The Morgan fingerprint density at radius 3 is 2.26 bits per heavy atom. The van der Waals surface area contributed by atoms with Gasteiger partial charge in [-0.1, -0.05) is 26.0 Å². The van der Waals surface area contributed by atoms with Crippen molar-refractivity contribution in [1.29, 1.82) is 0 Å². The molecule has 0 bridgehead atoms. The molecule has 1 unspecified atom stereocenters. The minimum atomic E-state index is 0.0909. The van der Waals surface area contributed by atoms with Gasteiger partial charge in [0, 0.05) is 5.41 Å². The van der Waals surface area contributed by atoms with Crippen molar-refractivity contribution in [3.05, 3.63) is 29.8 Å². The zero-order chi connectivity index (χ0) is 13.9. The number of rotatable bonds is 6. The lowest BCUT2D eigenvalue weighted by atomic mass is 9.64. The number of hydrogen-bond donors (Lipinski definition) is 1. The molecule has 1 atom stereocenters. The van der Waals surface area contributed by atoms with Crippen molar-refractivity contribution in [2.24, 2.45) is 17.6 Å². The van der Waals surface area contributed by atoms with E-state index in [4.69, 9.17) is 15.2 Å². The Labute approximate surface area is 116 Å². The molecule has 0 radical (unpaired) electrons. The summed E-state index contributed by atoms with van der Waals surface area (Å²) in [5, 5.41) is 0. The van der Waals surface area contributed by atoms with Crippen molar-refractivity contribution < 1.29 is 9.47 Å². The molecule has 19 heavy (non-hydrogen) atoms. The molecule has 0 amide bonds. The van der Waals surface area contributed by atoms with Crippen molar-refractivity contribution >= 4 is 0 Å². The normalized spacial score (nSPS) is 19.0. The van der Waals surface area contributed by atoms with Crippen LogP contribution in [-0.2, 0) is 10.2 Å². The summed E-state index contributed by atoms with van der Waals surface area (Å²) in [6, 6.07) is 8.43. The molecule has 3 nitrogen and oxygen atoms in total. The van der Waals surface area contributed by atoms with Crippen LogP contribution in [0.25, 0.3) is 0 Å². The van der Waals surface area contributed by atoms with Crippen LogP contribution in [0.4, 0.5) is 0 Å². The molecule has 0 aliphatic carbocycles. The number of benzene rings is 1. The molecular formula is C16H25NO2. The van der Waals surface area contributed by atoms with Gasteiger partial charge in [0.1, 0.15) is 5.75 Å². The van der Waals surface area contributed by atoms with E-state index in [1.807, 2.05) is 19.1 Å². The maximum Gasteiger partial charge on any atom is 0.119 e. The van der Waals surface area contributed by atoms with Gasteiger partial charge in [0.25, 0.3) is 0 Å².